The molecule has 0 bridgehead atoms. The van der Waals surface area contributed by atoms with Gasteiger partial charge in [-0.05, 0) is 60.4 Å². The number of hydrogen-bond acceptors (Lipinski definition) is 5. The fraction of sp³-hybridized carbons (Fsp3) is 0.200. The molecule has 1 aliphatic rings. The first-order chi connectivity index (χ1) is 17.9. The average molecular weight is 516 g/mol. The molecule has 1 unspecified atom stereocenters. The molecule has 6 nitrogen and oxygen atoms in total. The summed E-state index contributed by atoms with van der Waals surface area (Å²) in [7, 11) is -2.27. The van der Waals surface area contributed by atoms with Crippen LogP contribution in [-0.2, 0) is 29.6 Å². The Balaban J connectivity index is 1.60. The molecule has 1 N–H and O–H groups in total. The minimum absolute atomic E-state index is 0.123. The molecule has 4 aromatic rings. The Morgan fingerprint density at radius 2 is 1.62 bits per heavy atom. The third-order valence-electron chi connectivity index (χ3n) is 6.75. The van der Waals surface area contributed by atoms with Gasteiger partial charge in [0.25, 0.3) is 0 Å². The van der Waals surface area contributed by atoms with E-state index in [1.54, 1.807) is 55.6 Å². The van der Waals surface area contributed by atoms with Gasteiger partial charge in [-0.3, -0.25) is 0 Å². The Labute approximate surface area is 217 Å². The molecular weight excluding hydrogens is 486 g/mol. The average Bonchev–Trinajstić information content (AvgIpc) is 2.92. The number of nitrogens with zero attached hydrogens (tertiary/aromatic N) is 1. The Morgan fingerprint density at radius 3 is 2.30 bits per heavy atom. The second-order valence-electron chi connectivity index (χ2n) is 9.18. The lowest BCUT2D eigenvalue weighted by atomic mass is 9.91. The van der Waals surface area contributed by atoms with Gasteiger partial charge in [-0.1, -0.05) is 66.2 Å². The highest BCUT2D eigenvalue weighted by Crippen LogP contribution is 2.44. The zero-order chi connectivity index (χ0) is 26.0. The van der Waals surface area contributed by atoms with Gasteiger partial charge in [-0.15, -0.1) is 0 Å². The maximum atomic E-state index is 14.0. The molecule has 5 rings (SSSR count). The van der Waals surface area contributed by atoms with E-state index in [0.29, 0.717) is 24.5 Å². The lowest BCUT2D eigenvalue weighted by molar-refractivity contribution is 0.258. The van der Waals surface area contributed by atoms with Crippen molar-refractivity contribution in [3.63, 3.8) is 0 Å². The first-order valence-electron chi connectivity index (χ1n) is 12.1. The lowest BCUT2D eigenvalue weighted by Gasteiger charge is -2.37. The van der Waals surface area contributed by atoms with E-state index in [1.807, 2.05) is 49.4 Å². The van der Waals surface area contributed by atoms with Crippen LogP contribution >= 0.6 is 0 Å². The number of sulfonamides is 1. The van der Waals surface area contributed by atoms with Gasteiger partial charge in [0, 0.05) is 12.1 Å². The third kappa shape index (κ3) is 5.05. The van der Waals surface area contributed by atoms with Crippen LogP contribution in [0.15, 0.2) is 95.9 Å². The van der Waals surface area contributed by atoms with Crippen molar-refractivity contribution in [1.82, 2.24) is 4.31 Å². The molecule has 7 heteroatoms. The molecule has 0 fully saturated rings. The Morgan fingerprint density at radius 1 is 0.919 bits per heavy atom. The van der Waals surface area contributed by atoms with Crippen molar-refractivity contribution in [2.75, 3.05) is 7.11 Å². The fourth-order valence-electron chi connectivity index (χ4n) is 4.72. The van der Waals surface area contributed by atoms with E-state index in [0.717, 1.165) is 27.8 Å². The van der Waals surface area contributed by atoms with Crippen molar-refractivity contribution in [3.8, 4) is 17.2 Å². The fourth-order valence-corrected chi connectivity index (χ4v) is 6.30. The highest BCUT2D eigenvalue weighted by Gasteiger charge is 2.38. The zero-order valence-corrected chi connectivity index (χ0v) is 21.6. The number of fused-ring (bicyclic) bond motifs is 1. The van der Waals surface area contributed by atoms with Crippen molar-refractivity contribution in [2.45, 2.75) is 37.4 Å². The Kier molecular flexibility index (Phi) is 6.91. The second kappa shape index (κ2) is 10.3. The van der Waals surface area contributed by atoms with Crippen LogP contribution in [0.5, 0.6) is 17.2 Å². The van der Waals surface area contributed by atoms with Crippen molar-refractivity contribution >= 4 is 10.0 Å². The van der Waals surface area contributed by atoms with Gasteiger partial charge in [0.2, 0.25) is 10.0 Å². The molecular formula is C30H29NO5S. The van der Waals surface area contributed by atoms with Gasteiger partial charge < -0.3 is 14.6 Å². The predicted octanol–water partition coefficient (Wildman–Crippen LogP) is 5.78. The summed E-state index contributed by atoms with van der Waals surface area (Å²) in [5, 5.41) is 9.83. The van der Waals surface area contributed by atoms with Crippen molar-refractivity contribution in [2.24, 2.45) is 0 Å². The number of rotatable bonds is 7. The normalized spacial score (nSPS) is 15.7. The Hall–Kier alpha value is -3.81. The highest BCUT2D eigenvalue weighted by atomic mass is 32.2. The lowest BCUT2D eigenvalue weighted by Crippen LogP contribution is -2.39. The molecule has 1 aliphatic heterocycles. The summed E-state index contributed by atoms with van der Waals surface area (Å²) in [6, 6.07) is 26.8. The van der Waals surface area contributed by atoms with Crippen LogP contribution in [0.2, 0.25) is 0 Å². The molecule has 0 spiro atoms. The van der Waals surface area contributed by atoms with Crippen LogP contribution in [0.3, 0.4) is 0 Å². The molecule has 0 saturated carbocycles. The maximum Gasteiger partial charge on any atom is 0.243 e. The smallest absolute Gasteiger partial charge is 0.243 e. The van der Waals surface area contributed by atoms with Crippen LogP contribution in [0.25, 0.3) is 0 Å². The van der Waals surface area contributed by atoms with E-state index in [1.165, 1.54) is 4.31 Å². The summed E-state index contributed by atoms with van der Waals surface area (Å²) in [6.45, 7) is 2.38. The summed E-state index contributed by atoms with van der Waals surface area (Å²) in [6.07, 6.45) is 0.455. The van der Waals surface area contributed by atoms with Crippen LogP contribution < -0.4 is 9.47 Å². The standard InChI is InChI=1S/C30H29NO5S/c1-21-8-15-26(16-9-21)37(33,34)31-19-27-24(18-28(31)23-10-13-25(32)14-11-23)12-17-29(35-2)30(27)36-20-22-6-4-3-5-7-22/h3-17,28,32H,18-20H2,1-2H3. The van der Waals surface area contributed by atoms with Gasteiger partial charge in [0.15, 0.2) is 11.5 Å². The van der Waals surface area contributed by atoms with E-state index in [4.69, 9.17) is 9.47 Å². The van der Waals surface area contributed by atoms with Gasteiger partial charge in [-0.2, -0.15) is 4.31 Å². The first-order valence-corrected chi connectivity index (χ1v) is 13.5. The number of aromatic hydroxyl groups is 1. The minimum atomic E-state index is -3.86. The summed E-state index contributed by atoms with van der Waals surface area (Å²) in [4.78, 5) is 0.236. The molecule has 0 aliphatic carbocycles. The number of phenols is 1. The molecule has 190 valence electrons. The summed E-state index contributed by atoms with van der Waals surface area (Å²) in [5.41, 5.74) is 4.59. The molecule has 37 heavy (non-hydrogen) atoms. The third-order valence-corrected chi connectivity index (χ3v) is 8.62. The molecule has 1 atom stereocenters. The molecule has 0 radical (unpaired) electrons. The van der Waals surface area contributed by atoms with Gasteiger partial charge in [0.1, 0.15) is 12.4 Å². The number of benzene rings is 4. The van der Waals surface area contributed by atoms with Crippen molar-refractivity contribution in [1.29, 1.82) is 0 Å². The minimum Gasteiger partial charge on any atom is -0.508 e. The van der Waals surface area contributed by atoms with Crippen molar-refractivity contribution < 1.29 is 23.0 Å². The quantitative estimate of drug-likeness (QED) is 0.338. The molecule has 0 aromatic heterocycles. The second-order valence-corrected chi connectivity index (χ2v) is 11.1. The summed E-state index contributed by atoms with van der Waals surface area (Å²) >= 11 is 0. The highest BCUT2D eigenvalue weighted by molar-refractivity contribution is 7.89. The zero-order valence-electron chi connectivity index (χ0n) is 20.8. The van der Waals surface area contributed by atoms with Gasteiger partial charge in [0.05, 0.1) is 18.0 Å². The summed E-state index contributed by atoms with van der Waals surface area (Å²) in [5.74, 6) is 1.25. The number of ether oxygens (including phenoxy) is 2. The van der Waals surface area contributed by atoms with Crippen LogP contribution in [0.1, 0.15) is 33.9 Å². The van der Waals surface area contributed by atoms with Crippen LogP contribution in [0.4, 0.5) is 0 Å². The molecule has 4 aromatic carbocycles. The Bertz CT molecular complexity index is 1480. The first kappa shape index (κ1) is 24.9. The molecule has 0 saturated heterocycles. The van der Waals surface area contributed by atoms with E-state index < -0.39 is 16.1 Å². The SMILES string of the molecule is COc1ccc2c(c1OCc1ccccc1)CN(S(=O)(=O)c1ccc(C)cc1)C(c1ccc(O)cc1)C2. The number of aryl methyl sites for hydroxylation is 1. The van der Waals surface area contributed by atoms with Crippen molar-refractivity contribution in [3.05, 3.63) is 119 Å². The van der Waals surface area contributed by atoms with Gasteiger partial charge in [-0.25, -0.2) is 8.42 Å². The predicted molar refractivity (Wildman–Crippen MR) is 142 cm³/mol. The van der Waals surface area contributed by atoms with E-state index in [2.05, 4.69) is 0 Å². The largest absolute Gasteiger partial charge is 0.508 e. The molecule has 0 amide bonds. The molecule has 1 heterocycles. The monoisotopic (exact) mass is 515 g/mol. The van der Waals surface area contributed by atoms with E-state index in [-0.39, 0.29) is 17.2 Å². The van der Waals surface area contributed by atoms with Crippen LogP contribution in [0, 0.1) is 6.92 Å². The number of phenolic OH excluding ortho intramolecular Hbond substituents is 1. The van der Waals surface area contributed by atoms with Gasteiger partial charge >= 0.3 is 0 Å². The maximum absolute atomic E-state index is 14.0. The van der Waals surface area contributed by atoms with E-state index >= 15 is 0 Å². The van der Waals surface area contributed by atoms with E-state index in [9.17, 15) is 13.5 Å². The number of methoxy groups -OCH3 is 1. The topological polar surface area (TPSA) is 76.1 Å². The number of hydrogen-bond donors (Lipinski definition) is 1. The summed E-state index contributed by atoms with van der Waals surface area (Å²) < 4.78 is 41.4. The van der Waals surface area contributed by atoms with Crippen LogP contribution in [-0.4, -0.2) is 24.9 Å².